The van der Waals surface area contributed by atoms with Crippen molar-refractivity contribution in [2.24, 2.45) is 0 Å². The third-order valence-corrected chi connectivity index (χ3v) is 3.13. The third kappa shape index (κ3) is 2.40. The molecule has 78 valence electrons. The van der Waals surface area contributed by atoms with Crippen LogP contribution in [-0.4, -0.2) is 10.1 Å². The summed E-state index contributed by atoms with van der Waals surface area (Å²) >= 11 is 1.33. The molecule has 3 nitrogen and oxygen atoms in total. The minimum Gasteiger partial charge on any atom is -0.468 e. The molecule has 0 radical (unpaired) electrons. The fourth-order valence-electron chi connectivity index (χ4n) is 1.20. The molecule has 0 aliphatic carbocycles. The van der Waals surface area contributed by atoms with Crippen molar-refractivity contribution in [2.45, 2.75) is 17.3 Å². The van der Waals surface area contributed by atoms with E-state index in [-0.39, 0.29) is 0 Å². The fraction of sp³-hybridized carbons (Fsp3) is 0.182. The van der Waals surface area contributed by atoms with Gasteiger partial charge in [0.05, 0.1) is 16.9 Å². The van der Waals surface area contributed by atoms with Crippen molar-refractivity contribution in [1.82, 2.24) is 4.98 Å². The van der Waals surface area contributed by atoms with Gasteiger partial charge in [-0.05, 0) is 25.1 Å². The summed E-state index contributed by atoms with van der Waals surface area (Å²) in [5, 5.41) is 9.88. The second-order valence-electron chi connectivity index (χ2n) is 3.07. The molecule has 2 heterocycles. The normalized spacial score (nSPS) is 12.7. The predicted molar refractivity (Wildman–Crippen MR) is 58.5 cm³/mol. The Bertz CT molecular complexity index is 427. The lowest BCUT2D eigenvalue weighted by molar-refractivity contribution is 0.265. The predicted octanol–water partition coefficient (Wildman–Crippen LogP) is 2.77. The number of hydrogen-bond donors (Lipinski definition) is 1. The molecular weight excluding hydrogens is 210 g/mol. The van der Waals surface area contributed by atoms with E-state index < -0.39 is 5.44 Å². The molecule has 0 aromatic carbocycles. The maximum atomic E-state index is 9.88. The van der Waals surface area contributed by atoms with Crippen LogP contribution in [0.15, 0.2) is 46.0 Å². The van der Waals surface area contributed by atoms with Gasteiger partial charge in [0.25, 0.3) is 0 Å². The Balaban J connectivity index is 2.11. The highest BCUT2D eigenvalue weighted by molar-refractivity contribution is 7.99. The zero-order chi connectivity index (χ0) is 10.7. The van der Waals surface area contributed by atoms with Gasteiger partial charge < -0.3 is 9.52 Å². The fourth-order valence-corrected chi connectivity index (χ4v) is 2.05. The Morgan fingerprint density at radius 2 is 2.27 bits per heavy atom. The zero-order valence-electron chi connectivity index (χ0n) is 8.25. The molecule has 0 saturated carbocycles. The van der Waals surface area contributed by atoms with Crippen molar-refractivity contribution in [2.75, 3.05) is 0 Å². The van der Waals surface area contributed by atoms with Gasteiger partial charge in [0, 0.05) is 6.20 Å². The summed E-state index contributed by atoms with van der Waals surface area (Å²) in [5.74, 6) is 0.815. The minimum atomic E-state index is -0.650. The maximum Gasteiger partial charge on any atom is 0.146 e. The molecular formula is C11H11NO2S. The van der Waals surface area contributed by atoms with Crippen molar-refractivity contribution < 1.29 is 9.52 Å². The smallest absolute Gasteiger partial charge is 0.146 e. The van der Waals surface area contributed by atoms with Crippen LogP contribution < -0.4 is 0 Å². The van der Waals surface area contributed by atoms with E-state index in [2.05, 4.69) is 4.98 Å². The van der Waals surface area contributed by atoms with Crippen LogP contribution in [0.4, 0.5) is 0 Å². The highest BCUT2D eigenvalue weighted by atomic mass is 32.2. The summed E-state index contributed by atoms with van der Waals surface area (Å²) in [6.07, 6.45) is 3.28. The van der Waals surface area contributed by atoms with Crippen molar-refractivity contribution in [1.29, 1.82) is 0 Å². The van der Waals surface area contributed by atoms with Crippen LogP contribution in [-0.2, 0) is 0 Å². The van der Waals surface area contributed by atoms with E-state index in [1.165, 1.54) is 11.8 Å². The number of rotatable bonds is 3. The number of aromatic nitrogens is 1. The van der Waals surface area contributed by atoms with Crippen molar-refractivity contribution >= 4 is 11.8 Å². The third-order valence-electron chi connectivity index (χ3n) is 1.99. The summed E-state index contributed by atoms with van der Waals surface area (Å²) < 4.78 is 5.15. The maximum absolute atomic E-state index is 9.88. The van der Waals surface area contributed by atoms with Gasteiger partial charge in [-0.25, -0.2) is 0 Å². The second-order valence-corrected chi connectivity index (χ2v) is 4.19. The van der Waals surface area contributed by atoms with Crippen LogP contribution in [0, 0.1) is 6.92 Å². The summed E-state index contributed by atoms with van der Waals surface area (Å²) in [4.78, 5) is 5.03. The summed E-state index contributed by atoms with van der Waals surface area (Å²) in [7, 11) is 0. The largest absolute Gasteiger partial charge is 0.468 e. The summed E-state index contributed by atoms with van der Waals surface area (Å²) in [5.41, 5.74) is 0.00519. The molecule has 0 aliphatic heterocycles. The number of thioether (sulfide) groups is 1. The van der Waals surface area contributed by atoms with Gasteiger partial charge >= 0.3 is 0 Å². The molecule has 2 aromatic rings. The molecule has 0 spiro atoms. The lowest BCUT2D eigenvalue weighted by Gasteiger charge is -2.07. The molecule has 4 heteroatoms. The zero-order valence-corrected chi connectivity index (χ0v) is 9.07. The van der Waals surface area contributed by atoms with E-state index in [1.54, 1.807) is 18.5 Å². The molecule has 0 saturated heterocycles. The van der Waals surface area contributed by atoms with E-state index in [9.17, 15) is 5.11 Å². The quantitative estimate of drug-likeness (QED) is 0.639. The van der Waals surface area contributed by atoms with Gasteiger partial charge in [0.2, 0.25) is 0 Å². The number of hydrogen-bond acceptors (Lipinski definition) is 4. The summed E-state index contributed by atoms with van der Waals surface area (Å²) in [6, 6.07) is 7.32. The van der Waals surface area contributed by atoms with Crippen molar-refractivity contribution in [3.8, 4) is 0 Å². The number of nitrogens with zero attached hydrogens (tertiary/aromatic N) is 1. The monoisotopic (exact) mass is 221 g/mol. The van der Waals surface area contributed by atoms with Crippen LogP contribution in [0.5, 0.6) is 0 Å². The average molecular weight is 221 g/mol. The Labute approximate surface area is 92.1 Å². The van der Waals surface area contributed by atoms with Gasteiger partial charge in [-0.1, -0.05) is 17.8 Å². The lowest BCUT2D eigenvalue weighted by atomic mass is 10.4. The first-order valence-electron chi connectivity index (χ1n) is 4.57. The molecule has 15 heavy (non-hydrogen) atoms. The first-order chi connectivity index (χ1) is 7.27. The van der Waals surface area contributed by atoms with Crippen LogP contribution in [0.3, 0.4) is 0 Å². The number of pyridine rings is 1. The average Bonchev–Trinajstić information content (AvgIpc) is 2.66. The molecule has 1 unspecified atom stereocenters. The highest BCUT2D eigenvalue weighted by Crippen LogP contribution is 2.34. The van der Waals surface area contributed by atoms with Crippen LogP contribution in [0.1, 0.15) is 16.9 Å². The lowest BCUT2D eigenvalue weighted by Crippen LogP contribution is -1.94. The molecule has 1 atom stereocenters. The standard InChI is InChI=1S/C11H11NO2S/c1-8-10(5-7-14-8)15-11(13)9-4-2-3-6-12-9/h2-7,11,13H,1H3. The van der Waals surface area contributed by atoms with E-state index in [0.29, 0.717) is 5.69 Å². The van der Waals surface area contributed by atoms with E-state index in [0.717, 1.165) is 10.7 Å². The van der Waals surface area contributed by atoms with Gasteiger partial charge in [0.15, 0.2) is 0 Å². The van der Waals surface area contributed by atoms with Crippen LogP contribution >= 0.6 is 11.8 Å². The minimum absolute atomic E-state index is 0.650. The Morgan fingerprint density at radius 1 is 1.40 bits per heavy atom. The van der Waals surface area contributed by atoms with E-state index >= 15 is 0 Å². The summed E-state index contributed by atoms with van der Waals surface area (Å²) in [6.45, 7) is 1.87. The number of aliphatic hydroxyl groups excluding tert-OH is 1. The van der Waals surface area contributed by atoms with Crippen molar-refractivity contribution in [3.05, 3.63) is 48.2 Å². The second kappa shape index (κ2) is 4.51. The molecule has 0 amide bonds. The molecule has 0 bridgehead atoms. The van der Waals surface area contributed by atoms with Crippen molar-refractivity contribution in [3.63, 3.8) is 0 Å². The van der Waals surface area contributed by atoms with Gasteiger partial charge in [-0.15, -0.1) is 0 Å². The van der Waals surface area contributed by atoms with Gasteiger partial charge in [-0.3, -0.25) is 4.98 Å². The van der Waals surface area contributed by atoms with Crippen LogP contribution in [0.2, 0.25) is 0 Å². The first kappa shape index (κ1) is 10.3. The number of aryl methyl sites for hydroxylation is 1. The topological polar surface area (TPSA) is 46.3 Å². The highest BCUT2D eigenvalue weighted by Gasteiger charge is 2.12. The molecule has 2 aromatic heterocycles. The van der Waals surface area contributed by atoms with Gasteiger partial charge in [0.1, 0.15) is 11.2 Å². The SMILES string of the molecule is Cc1occc1SC(O)c1ccccn1. The molecule has 0 fully saturated rings. The Hall–Kier alpha value is -1.26. The Kier molecular flexibility index (Phi) is 3.08. The molecule has 0 aliphatic rings. The number of aliphatic hydroxyl groups is 1. The Morgan fingerprint density at radius 3 is 2.87 bits per heavy atom. The van der Waals surface area contributed by atoms with Crippen LogP contribution in [0.25, 0.3) is 0 Å². The number of furan rings is 1. The van der Waals surface area contributed by atoms with Gasteiger partial charge in [-0.2, -0.15) is 0 Å². The first-order valence-corrected chi connectivity index (χ1v) is 5.45. The van der Waals surface area contributed by atoms with E-state index in [4.69, 9.17) is 4.42 Å². The molecule has 2 rings (SSSR count). The van der Waals surface area contributed by atoms with E-state index in [1.807, 2.05) is 25.1 Å². The molecule has 1 N–H and O–H groups in total.